The lowest BCUT2D eigenvalue weighted by Crippen LogP contribution is -2.02. The highest BCUT2D eigenvalue weighted by Crippen LogP contribution is 2.41. The van der Waals surface area contributed by atoms with Crippen LogP contribution in [0.2, 0.25) is 0 Å². The molecule has 0 aliphatic heterocycles. The first-order chi connectivity index (χ1) is 8.09. The Kier molecular flexibility index (Phi) is 4.23. The number of hydrogen-bond acceptors (Lipinski definition) is 2. The second-order valence-corrected chi connectivity index (χ2v) is 6.92. The number of alkyl halides is 1. The van der Waals surface area contributed by atoms with Gasteiger partial charge in [0.25, 0.3) is 0 Å². The van der Waals surface area contributed by atoms with Crippen LogP contribution in [-0.2, 0) is 0 Å². The number of aromatic nitrogens is 1. The number of nitrogens with zero attached hydrogens (tertiary/aromatic N) is 1. The van der Waals surface area contributed by atoms with Crippen LogP contribution >= 0.6 is 38.9 Å². The van der Waals surface area contributed by atoms with Crippen LogP contribution in [-0.4, -0.2) is 4.98 Å². The van der Waals surface area contributed by atoms with Crippen LogP contribution < -0.4 is 0 Å². The van der Waals surface area contributed by atoms with Crippen molar-refractivity contribution in [2.45, 2.75) is 25.1 Å². The zero-order chi connectivity index (χ0) is 12.4. The first-order valence-corrected chi connectivity index (χ1v) is 7.45. The van der Waals surface area contributed by atoms with E-state index in [0.717, 1.165) is 9.48 Å². The number of aryl methyl sites for hydroxylation is 1. The number of hydrogen-bond donors (Lipinski definition) is 0. The maximum atomic E-state index is 6.53. The largest absolute Gasteiger partial charge is 0.261 e. The van der Waals surface area contributed by atoms with Crippen LogP contribution in [0, 0.1) is 6.92 Å². The summed E-state index contributed by atoms with van der Waals surface area (Å²) in [6.07, 6.45) is 1.81. The summed E-state index contributed by atoms with van der Waals surface area (Å²) in [6.45, 7) is 4.20. The number of rotatable bonds is 3. The molecule has 0 spiro atoms. The summed E-state index contributed by atoms with van der Waals surface area (Å²) in [5.41, 5.74) is 2.28. The van der Waals surface area contributed by atoms with Crippen molar-refractivity contribution in [3.05, 3.63) is 50.4 Å². The molecule has 2 rings (SSSR count). The molecule has 2 aromatic heterocycles. The molecule has 4 heteroatoms. The van der Waals surface area contributed by atoms with Crippen LogP contribution in [0.3, 0.4) is 0 Å². The lowest BCUT2D eigenvalue weighted by Gasteiger charge is -2.15. The molecule has 0 radical (unpaired) electrons. The normalized spacial score (nSPS) is 14.6. The van der Waals surface area contributed by atoms with Gasteiger partial charge in [-0.2, -0.15) is 0 Å². The highest BCUT2D eigenvalue weighted by Gasteiger charge is 2.21. The minimum absolute atomic E-state index is 0.0279. The van der Waals surface area contributed by atoms with E-state index in [2.05, 4.69) is 40.8 Å². The van der Waals surface area contributed by atoms with Gasteiger partial charge in [0.2, 0.25) is 0 Å². The van der Waals surface area contributed by atoms with Gasteiger partial charge in [-0.3, -0.25) is 4.98 Å². The van der Waals surface area contributed by atoms with E-state index < -0.39 is 0 Å². The number of halogens is 2. The molecule has 0 aromatic carbocycles. The Morgan fingerprint density at radius 2 is 2.18 bits per heavy atom. The average Bonchev–Trinajstić information content (AvgIpc) is 2.69. The summed E-state index contributed by atoms with van der Waals surface area (Å²) >= 11 is 11.8. The van der Waals surface area contributed by atoms with Gasteiger partial charge in [0.15, 0.2) is 0 Å². The molecule has 0 amide bonds. The predicted molar refractivity (Wildman–Crippen MR) is 78.0 cm³/mol. The van der Waals surface area contributed by atoms with Crippen molar-refractivity contribution in [1.82, 2.24) is 4.98 Å². The molecule has 0 saturated carbocycles. The molecule has 0 saturated heterocycles. The van der Waals surface area contributed by atoms with Gasteiger partial charge < -0.3 is 0 Å². The molecule has 0 aliphatic rings. The molecule has 90 valence electrons. The van der Waals surface area contributed by atoms with Gasteiger partial charge in [-0.25, -0.2) is 0 Å². The number of pyridine rings is 1. The predicted octanol–water partition coefficient (Wildman–Crippen LogP) is 5.30. The van der Waals surface area contributed by atoms with E-state index in [1.807, 2.05) is 24.4 Å². The fraction of sp³-hybridized carbons (Fsp3) is 0.308. The van der Waals surface area contributed by atoms with E-state index in [0.29, 0.717) is 0 Å². The molecule has 2 heterocycles. The topological polar surface area (TPSA) is 12.9 Å². The van der Waals surface area contributed by atoms with E-state index in [1.165, 1.54) is 10.4 Å². The van der Waals surface area contributed by atoms with Crippen molar-refractivity contribution in [3.63, 3.8) is 0 Å². The summed E-state index contributed by atoms with van der Waals surface area (Å²) in [6, 6.07) is 8.09. The SMILES string of the molecule is Cc1cc(C(Cl)C(C)c2ccccn2)sc1Br. The van der Waals surface area contributed by atoms with Crippen LogP contribution in [0.25, 0.3) is 0 Å². The van der Waals surface area contributed by atoms with Gasteiger partial charge in [-0.1, -0.05) is 13.0 Å². The highest BCUT2D eigenvalue weighted by atomic mass is 79.9. The lowest BCUT2D eigenvalue weighted by molar-refractivity contribution is 0.715. The molecule has 0 bridgehead atoms. The third kappa shape index (κ3) is 2.90. The molecular weight excluding hydrogens is 318 g/mol. The van der Waals surface area contributed by atoms with Gasteiger partial charge in [0, 0.05) is 22.7 Å². The monoisotopic (exact) mass is 329 g/mol. The van der Waals surface area contributed by atoms with E-state index in [1.54, 1.807) is 11.3 Å². The van der Waals surface area contributed by atoms with Gasteiger partial charge in [-0.15, -0.1) is 22.9 Å². The third-order valence-corrected chi connectivity index (χ3v) is 5.70. The van der Waals surface area contributed by atoms with Crippen LogP contribution in [0.1, 0.15) is 34.4 Å². The van der Waals surface area contributed by atoms with Gasteiger partial charge in [-0.05, 0) is 46.6 Å². The second-order valence-electron chi connectivity index (χ2n) is 4.05. The lowest BCUT2D eigenvalue weighted by atomic mass is 10.0. The quantitative estimate of drug-likeness (QED) is 0.696. The molecule has 1 nitrogen and oxygen atoms in total. The Bertz CT molecular complexity index is 478. The molecular formula is C13H13BrClNS. The first-order valence-electron chi connectivity index (χ1n) is 5.40. The van der Waals surface area contributed by atoms with Crippen molar-refractivity contribution in [2.24, 2.45) is 0 Å². The standard InChI is InChI=1S/C13H13BrClNS/c1-8-7-11(17-13(8)14)12(15)9(2)10-5-3-4-6-16-10/h3-7,9,12H,1-2H3. The molecule has 0 fully saturated rings. The summed E-state index contributed by atoms with van der Waals surface area (Å²) < 4.78 is 1.16. The van der Waals surface area contributed by atoms with Crippen molar-refractivity contribution in [2.75, 3.05) is 0 Å². The molecule has 2 atom stereocenters. The fourth-order valence-corrected chi connectivity index (χ4v) is 3.64. The zero-order valence-electron chi connectivity index (χ0n) is 9.65. The van der Waals surface area contributed by atoms with E-state index >= 15 is 0 Å². The van der Waals surface area contributed by atoms with Gasteiger partial charge in [0.05, 0.1) is 9.16 Å². The van der Waals surface area contributed by atoms with Crippen molar-refractivity contribution < 1.29 is 0 Å². The maximum absolute atomic E-state index is 6.53. The Hall–Kier alpha value is -0.380. The second kappa shape index (κ2) is 5.51. The summed E-state index contributed by atoms with van der Waals surface area (Å²) in [5, 5.41) is -0.0279. The van der Waals surface area contributed by atoms with Gasteiger partial charge in [0.1, 0.15) is 0 Å². The Labute approximate surface area is 119 Å². The van der Waals surface area contributed by atoms with E-state index in [-0.39, 0.29) is 11.3 Å². The Balaban J connectivity index is 2.23. The summed E-state index contributed by atoms with van der Waals surface area (Å²) in [7, 11) is 0. The molecule has 17 heavy (non-hydrogen) atoms. The smallest absolute Gasteiger partial charge is 0.0759 e. The van der Waals surface area contributed by atoms with E-state index in [4.69, 9.17) is 11.6 Å². The van der Waals surface area contributed by atoms with Gasteiger partial charge >= 0.3 is 0 Å². The van der Waals surface area contributed by atoms with Crippen molar-refractivity contribution in [3.8, 4) is 0 Å². The minimum Gasteiger partial charge on any atom is -0.261 e. The highest BCUT2D eigenvalue weighted by molar-refractivity contribution is 9.11. The average molecular weight is 331 g/mol. The Morgan fingerprint density at radius 3 is 2.71 bits per heavy atom. The zero-order valence-corrected chi connectivity index (χ0v) is 12.8. The first kappa shape index (κ1) is 13.1. The molecule has 0 aliphatic carbocycles. The minimum atomic E-state index is -0.0279. The van der Waals surface area contributed by atoms with Crippen LogP contribution in [0.5, 0.6) is 0 Å². The third-order valence-electron chi connectivity index (χ3n) is 2.74. The fourth-order valence-electron chi connectivity index (χ4n) is 1.66. The van der Waals surface area contributed by atoms with Crippen LogP contribution in [0.4, 0.5) is 0 Å². The molecule has 0 N–H and O–H groups in total. The van der Waals surface area contributed by atoms with E-state index in [9.17, 15) is 0 Å². The summed E-state index contributed by atoms with van der Waals surface area (Å²) in [5.74, 6) is 0.211. The van der Waals surface area contributed by atoms with Crippen LogP contribution in [0.15, 0.2) is 34.2 Å². The van der Waals surface area contributed by atoms with Crippen molar-refractivity contribution in [1.29, 1.82) is 0 Å². The number of thiophene rings is 1. The summed E-state index contributed by atoms with van der Waals surface area (Å²) in [4.78, 5) is 5.55. The molecule has 2 unspecified atom stereocenters. The molecule has 2 aromatic rings. The maximum Gasteiger partial charge on any atom is 0.0759 e. The van der Waals surface area contributed by atoms with Crippen molar-refractivity contribution >= 4 is 38.9 Å². The Morgan fingerprint density at radius 1 is 1.41 bits per heavy atom.